The largest absolute Gasteiger partial charge is 0.383 e. The number of ether oxygens (including phenoxy) is 1. The molecule has 0 spiro atoms. The summed E-state index contributed by atoms with van der Waals surface area (Å²) in [5, 5.41) is 6.08. The number of rotatable bonds is 7. The second kappa shape index (κ2) is 9.48. The van der Waals surface area contributed by atoms with Crippen LogP contribution in [0.5, 0.6) is 0 Å². The molecule has 0 bridgehead atoms. The van der Waals surface area contributed by atoms with Crippen LogP contribution in [-0.4, -0.2) is 35.8 Å². The molecule has 28 heavy (non-hydrogen) atoms. The molecule has 3 aromatic rings. The fraction of sp³-hybridized carbons (Fsp3) is 0.190. The van der Waals surface area contributed by atoms with Crippen LogP contribution >= 0.6 is 0 Å². The highest BCUT2D eigenvalue weighted by Crippen LogP contribution is 2.25. The molecule has 0 saturated carbocycles. The van der Waals surface area contributed by atoms with Crippen molar-refractivity contribution in [1.29, 1.82) is 0 Å². The van der Waals surface area contributed by atoms with Gasteiger partial charge in [0.25, 0.3) is 0 Å². The molecule has 1 heterocycles. The lowest BCUT2D eigenvalue weighted by molar-refractivity contribution is 0.190. The minimum atomic E-state index is -0.313. The number of anilines is 4. The molecule has 7 heteroatoms. The van der Waals surface area contributed by atoms with Gasteiger partial charge in [-0.05, 0) is 31.2 Å². The van der Waals surface area contributed by atoms with Gasteiger partial charge in [0.15, 0.2) is 0 Å². The van der Waals surface area contributed by atoms with Crippen molar-refractivity contribution in [2.45, 2.75) is 13.0 Å². The van der Waals surface area contributed by atoms with Crippen LogP contribution in [0.2, 0.25) is 0 Å². The summed E-state index contributed by atoms with van der Waals surface area (Å²) < 4.78 is 5.13. The molecular formula is C21H23N5O2. The summed E-state index contributed by atoms with van der Waals surface area (Å²) in [7, 11) is 1.64. The summed E-state index contributed by atoms with van der Waals surface area (Å²) >= 11 is 0. The Labute approximate surface area is 164 Å². The zero-order chi connectivity index (χ0) is 19.8. The van der Waals surface area contributed by atoms with Gasteiger partial charge in [0.2, 0.25) is 5.95 Å². The summed E-state index contributed by atoms with van der Waals surface area (Å²) in [6.07, 6.45) is 1.62. The van der Waals surface area contributed by atoms with Crippen molar-refractivity contribution in [3.05, 3.63) is 72.9 Å². The van der Waals surface area contributed by atoms with Crippen molar-refractivity contribution in [2.24, 2.45) is 0 Å². The minimum absolute atomic E-state index is 0.0311. The molecule has 2 amide bonds. The smallest absolute Gasteiger partial charge is 0.332 e. The fourth-order valence-electron chi connectivity index (χ4n) is 2.69. The maximum atomic E-state index is 13.1. The van der Waals surface area contributed by atoms with E-state index in [-0.39, 0.29) is 12.1 Å². The number of carbonyl (C=O) groups excluding carboxylic acids is 1. The first kappa shape index (κ1) is 19.3. The van der Waals surface area contributed by atoms with E-state index in [1.165, 1.54) is 4.90 Å². The van der Waals surface area contributed by atoms with E-state index in [2.05, 4.69) is 20.6 Å². The third-order valence-electron chi connectivity index (χ3n) is 3.90. The molecule has 2 aromatic carbocycles. The Morgan fingerprint density at radius 3 is 2.43 bits per heavy atom. The summed E-state index contributed by atoms with van der Waals surface area (Å²) in [5.41, 5.74) is 1.40. The average Bonchev–Trinajstić information content (AvgIpc) is 2.70. The molecule has 7 nitrogen and oxygen atoms in total. The van der Waals surface area contributed by atoms with Gasteiger partial charge in [0.05, 0.1) is 12.3 Å². The molecule has 0 aliphatic carbocycles. The Morgan fingerprint density at radius 2 is 1.75 bits per heavy atom. The number of nitrogens with one attached hydrogen (secondary N) is 2. The van der Waals surface area contributed by atoms with Crippen LogP contribution in [0.15, 0.2) is 72.9 Å². The third kappa shape index (κ3) is 5.05. The Kier molecular flexibility index (Phi) is 6.54. The number of carbonyl (C=O) groups is 1. The molecule has 1 aromatic heterocycles. The minimum Gasteiger partial charge on any atom is -0.383 e. The first-order valence-electron chi connectivity index (χ1n) is 8.97. The van der Waals surface area contributed by atoms with Gasteiger partial charge in [-0.1, -0.05) is 36.4 Å². The van der Waals surface area contributed by atoms with Gasteiger partial charge in [0, 0.05) is 31.1 Å². The van der Waals surface area contributed by atoms with Crippen molar-refractivity contribution in [1.82, 2.24) is 9.97 Å². The van der Waals surface area contributed by atoms with E-state index in [4.69, 9.17) is 4.74 Å². The highest BCUT2D eigenvalue weighted by atomic mass is 16.5. The molecule has 0 saturated heterocycles. The molecule has 144 valence electrons. The van der Waals surface area contributed by atoms with Crippen LogP contribution in [0.25, 0.3) is 0 Å². The first-order chi connectivity index (χ1) is 13.7. The molecule has 0 unspecified atom stereocenters. The van der Waals surface area contributed by atoms with E-state index in [1.54, 1.807) is 19.4 Å². The van der Waals surface area contributed by atoms with Gasteiger partial charge in [-0.3, -0.25) is 0 Å². The quantitative estimate of drug-likeness (QED) is 0.642. The predicted molar refractivity (Wildman–Crippen MR) is 111 cm³/mol. The maximum absolute atomic E-state index is 13.1. The highest BCUT2D eigenvalue weighted by molar-refractivity contribution is 6.06. The third-order valence-corrected chi connectivity index (χ3v) is 3.90. The monoisotopic (exact) mass is 377 g/mol. The number of benzene rings is 2. The molecule has 3 rings (SSSR count). The van der Waals surface area contributed by atoms with Crippen LogP contribution in [0.3, 0.4) is 0 Å². The summed E-state index contributed by atoms with van der Waals surface area (Å²) in [4.78, 5) is 23.3. The lowest BCUT2D eigenvalue weighted by Crippen LogP contribution is -2.32. The number of urea groups is 1. The molecule has 1 atom stereocenters. The fourth-order valence-corrected chi connectivity index (χ4v) is 2.69. The SMILES string of the molecule is COC[C@H](C)Nc1nccc(N(C(=O)Nc2ccccc2)c2ccccc2)n1. The number of para-hydroxylation sites is 2. The van der Waals surface area contributed by atoms with E-state index < -0.39 is 0 Å². The zero-order valence-electron chi connectivity index (χ0n) is 15.9. The Bertz CT molecular complexity index is 890. The van der Waals surface area contributed by atoms with Crippen molar-refractivity contribution in [2.75, 3.05) is 29.3 Å². The topological polar surface area (TPSA) is 79.4 Å². The Hall–Kier alpha value is -3.45. The number of amides is 2. The summed E-state index contributed by atoms with van der Waals surface area (Å²) in [6.45, 7) is 2.49. The van der Waals surface area contributed by atoms with Crippen molar-refractivity contribution >= 4 is 29.2 Å². The zero-order valence-corrected chi connectivity index (χ0v) is 15.9. The molecule has 2 N–H and O–H groups in total. The van der Waals surface area contributed by atoms with Crippen LogP contribution in [0.4, 0.5) is 27.9 Å². The van der Waals surface area contributed by atoms with Gasteiger partial charge in [0.1, 0.15) is 5.82 Å². The first-order valence-corrected chi connectivity index (χ1v) is 8.97. The van der Waals surface area contributed by atoms with Crippen molar-refractivity contribution in [3.63, 3.8) is 0 Å². The number of methoxy groups -OCH3 is 1. The van der Waals surface area contributed by atoms with Gasteiger partial charge < -0.3 is 15.4 Å². The van der Waals surface area contributed by atoms with Gasteiger partial charge in [-0.2, -0.15) is 4.98 Å². The van der Waals surface area contributed by atoms with Gasteiger partial charge >= 0.3 is 6.03 Å². The van der Waals surface area contributed by atoms with Crippen LogP contribution in [0.1, 0.15) is 6.92 Å². The maximum Gasteiger partial charge on any atom is 0.332 e. The normalized spacial score (nSPS) is 11.5. The second-order valence-electron chi connectivity index (χ2n) is 6.21. The van der Waals surface area contributed by atoms with Gasteiger partial charge in [-0.25, -0.2) is 14.7 Å². The lowest BCUT2D eigenvalue weighted by Gasteiger charge is -2.23. The number of aromatic nitrogens is 2. The Balaban J connectivity index is 1.90. The standard InChI is InChI=1S/C21H23N5O2/c1-16(15-28-2)23-20-22-14-13-19(25-20)26(18-11-7-4-8-12-18)21(27)24-17-9-5-3-6-10-17/h3-14,16H,15H2,1-2H3,(H,24,27)(H,22,23,25)/t16-/m0/s1. The number of hydrogen-bond donors (Lipinski definition) is 2. The summed E-state index contributed by atoms with van der Waals surface area (Å²) in [6, 6.07) is 20.1. The van der Waals surface area contributed by atoms with Gasteiger partial charge in [-0.15, -0.1) is 0 Å². The van der Waals surface area contributed by atoms with E-state index in [9.17, 15) is 4.79 Å². The van der Waals surface area contributed by atoms with E-state index >= 15 is 0 Å². The van der Waals surface area contributed by atoms with E-state index in [0.29, 0.717) is 29.7 Å². The van der Waals surface area contributed by atoms with Crippen LogP contribution < -0.4 is 15.5 Å². The van der Waals surface area contributed by atoms with E-state index in [1.807, 2.05) is 67.6 Å². The second-order valence-corrected chi connectivity index (χ2v) is 6.21. The van der Waals surface area contributed by atoms with E-state index in [0.717, 1.165) is 0 Å². The molecule has 0 fully saturated rings. The average molecular weight is 377 g/mol. The highest BCUT2D eigenvalue weighted by Gasteiger charge is 2.20. The molecular weight excluding hydrogens is 354 g/mol. The van der Waals surface area contributed by atoms with Crippen LogP contribution in [0, 0.1) is 0 Å². The number of nitrogens with zero attached hydrogens (tertiary/aromatic N) is 3. The van der Waals surface area contributed by atoms with Crippen molar-refractivity contribution < 1.29 is 9.53 Å². The van der Waals surface area contributed by atoms with Crippen LogP contribution in [-0.2, 0) is 4.74 Å². The predicted octanol–water partition coefficient (Wildman–Crippen LogP) is 4.29. The molecule has 0 aliphatic heterocycles. The number of hydrogen-bond acceptors (Lipinski definition) is 5. The van der Waals surface area contributed by atoms with Crippen molar-refractivity contribution in [3.8, 4) is 0 Å². The molecule has 0 radical (unpaired) electrons. The molecule has 0 aliphatic rings. The lowest BCUT2D eigenvalue weighted by atomic mass is 10.3. The summed E-state index contributed by atoms with van der Waals surface area (Å²) in [5.74, 6) is 0.886. The Morgan fingerprint density at radius 1 is 1.07 bits per heavy atom.